The van der Waals surface area contributed by atoms with Crippen molar-refractivity contribution in [3.8, 4) is 0 Å². The Labute approximate surface area is 449 Å². The van der Waals surface area contributed by atoms with Crippen molar-refractivity contribution in [3.63, 3.8) is 0 Å². The van der Waals surface area contributed by atoms with Crippen molar-refractivity contribution in [3.05, 3.63) is 0 Å². The maximum absolute atomic E-state index is 9.91. The molecule has 422 valence electrons. The van der Waals surface area contributed by atoms with Gasteiger partial charge in [-0.05, 0) is 167 Å². The Bertz CT molecular complexity index is 1720. The lowest BCUT2D eigenvalue weighted by Gasteiger charge is -2.50. The molecular formula is C59H116N14. The second-order valence-corrected chi connectivity index (χ2v) is 26.8. The normalized spacial score (nSPS) is 20.7. The summed E-state index contributed by atoms with van der Waals surface area (Å²) in [5.41, 5.74) is -0.153. The van der Waals surface area contributed by atoms with Gasteiger partial charge in [-0.2, -0.15) is 19.9 Å². The fourth-order valence-corrected chi connectivity index (χ4v) is 13.3. The van der Waals surface area contributed by atoms with Crippen LogP contribution in [0.4, 0.5) is 17.8 Å². The highest BCUT2D eigenvalue weighted by atomic mass is 15.4. The van der Waals surface area contributed by atoms with E-state index < -0.39 is 0 Å². The number of aliphatic imine (C=N–C) groups is 1. The monoisotopic (exact) mass is 1020 g/mol. The number of guanidine groups is 2. The molecular weight excluding hydrogens is 905 g/mol. The number of unbranched alkanes of at least 4 members (excludes halogenated alkanes) is 8. The van der Waals surface area contributed by atoms with Crippen molar-refractivity contribution in [2.75, 3.05) is 67.6 Å². The van der Waals surface area contributed by atoms with Gasteiger partial charge in [0.25, 0.3) is 0 Å². The van der Waals surface area contributed by atoms with Crippen LogP contribution in [0.5, 0.6) is 0 Å². The fraction of sp³-hybridized carbons (Fsp3) is 0.915. The van der Waals surface area contributed by atoms with Gasteiger partial charge < -0.3 is 45.8 Å². The van der Waals surface area contributed by atoms with Gasteiger partial charge in [-0.1, -0.05) is 79.6 Å². The van der Waals surface area contributed by atoms with Gasteiger partial charge in [0.1, 0.15) is 0 Å². The molecule has 73 heavy (non-hydrogen) atoms. The SMILES string of the molecule is CCCCN(CCCC)c1nc(N(CCCC)CCCC)nc(N(CCCCCCN(C(=N)/N=C(\NC)N(CCCC)C2CC(C)(C)NC(C)(C)C2)C2CC(C)(C)NC(C)(C)C2)C2CC(C)(C)NC(C)(C)C2)n1. The zero-order valence-electron chi connectivity index (χ0n) is 50.8. The summed E-state index contributed by atoms with van der Waals surface area (Å²) in [6.07, 6.45) is 21.5. The van der Waals surface area contributed by atoms with Gasteiger partial charge >= 0.3 is 0 Å². The standard InChI is InChI=1S/C59H116N14/c1-19-24-33-69(34-25-20-2)51-63-52(70(35-26-21-3)36-27-22-4)65-53(64-51)73(48-44-58(14,15)68-59(16,17)45-48)39-32-30-29-31-38-71(46-40-54(6,7)66-55(8,9)41-46)49(60)62-50(61-18)72(37-28-23-5)47-42-56(10,11)67-57(12,13)43-47/h46-48,66-68H,19-45H2,1-18H3,(H2,60,61,62). The van der Waals surface area contributed by atoms with Crippen LogP contribution in [-0.4, -0.2) is 141 Å². The molecule has 0 aliphatic carbocycles. The van der Waals surface area contributed by atoms with E-state index in [0.29, 0.717) is 12.0 Å². The predicted octanol–water partition coefficient (Wildman–Crippen LogP) is 11.9. The number of nitrogens with one attached hydrogen (secondary N) is 5. The molecule has 0 spiro atoms. The molecule has 0 bridgehead atoms. The van der Waals surface area contributed by atoms with E-state index in [1.165, 1.54) is 0 Å². The van der Waals surface area contributed by atoms with E-state index in [1.54, 1.807) is 0 Å². The number of hydrogen-bond acceptors (Lipinski definition) is 10. The molecule has 0 aromatic carbocycles. The third-order valence-electron chi connectivity index (χ3n) is 15.7. The summed E-state index contributed by atoms with van der Waals surface area (Å²) in [5, 5.41) is 25.2. The Morgan fingerprint density at radius 2 is 0.767 bits per heavy atom. The van der Waals surface area contributed by atoms with Crippen molar-refractivity contribution in [1.29, 1.82) is 5.41 Å². The molecule has 3 saturated heterocycles. The minimum absolute atomic E-state index is 0.00394. The fourth-order valence-electron chi connectivity index (χ4n) is 13.3. The van der Waals surface area contributed by atoms with Crippen molar-refractivity contribution >= 4 is 29.8 Å². The Morgan fingerprint density at radius 1 is 0.452 bits per heavy atom. The number of aromatic nitrogens is 3. The van der Waals surface area contributed by atoms with Crippen LogP contribution in [0.3, 0.4) is 0 Å². The number of nitrogens with zero attached hydrogens (tertiary/aromatic N) is 9. The molecule has 0 saturated carbocycles. The highest BCUT2D eigenvalue weighted by Crippen LogP contribution is 2.36. The molecule has 0 unspecified atom stereocenters. The van der Waals surface area contributed by atoms with Crippen molar-refractivity contribution in [1.82, 2.24) is 46.0 Å². The van der Waals surface area contributed by atoms with E-state index in [-0.39, 0.29) is 45.3 Å². The topological polar surface area (TPSA) is 139 Å². The average molecular weight is 1020 g/mol. The third kappa shape index (κ3) is 20.2. The molecule has 5 N–H and O–H groups in total. The van der Waals surface area contributed by atoms with Crippen LogP contribution < -0.4 is 36.0 Å². The lowest BCUT2D eigenvalue weighted by molar-refractivity contribution is 0.0991. The van der Waals surface area contributed by atoms with Gasteiger partial charge in [-0.15, -0.1) is 0 Å². The number of piperidine rings is 3. The van der Waals surface area contributed by atoms with Crippen LogP contribution in [-0.2, 0) is 0 Å². The van der Waals surface area contributed by atoms with Crippen LogP contribution in [0, 0.1) is 5.41 Å². The molecule has 0 atom stereocenters. The van der Waals surface area contributed by atoms with Gasteiger partial charge in [0.2, 0.25) is 29.8 Å². The quantitative estimate of drug-likeness (QED) is 0.0310. The molecule has 14 nitrogen and oxygen atoms in total. The van der Waals surface area contributed by atoms with Crippen LogP contribution in [0.25, 0.3) is 0 Å². The summed E-state index contributed by atoms with van der Waals surface area (Å²) in [6, 6.07) is 0.815. The Hall–Kier alpha value is -2.97. The van der Waals surface area contributed by atoms with Crippen molar-refractivity contribution < 1.29 is 0 Å². The highest BCUT2D eigenvalue weighted by molar-refractivity contribution is 5.93. The van der Waals surface area contributed by atoms with E-state index in [1.807, 2.05) is 7.05 Å². The zero-order chi connectivity index (χ0) is 54.3. The Balaban J connectivity index is 1.67. The molecule has 4 rings (SSSR count). The van der Waals surface area contributed by atoms with Gasteiger partial charge in [-0.25, -0.2) is 0 Å². The highest BCUT2D eigenvalue weighted by Gasteiger charge is 2.44. The summed E-state index contributed by atoms with van der Waals surface area (Å²) in [4.78, 5) is 34.1. The van der Waals surface area contributed by atoms with Gasteiger partial charge in [0, 0.05) is 104 Å². The molecule has 0 radical (unpaired) electrons. The lowest BCUT2D eigenvalue weighted by Crippen LogP contribution is -2.64. The predicted molar refractivity (Wildman–Crippen MR) is 315 cm³/mol. The van der Waals surface area contributed by atoms with E-state index in [4.69, 9.17) is 19.9 Å². The maximum Gasteiger partial charge on any atom is 0.232 e. The van der Waals surface area contributed by atoms with Crippen LogP contribution >= 0.6 is 0 Å². The van der Waals surface area contributed by atoms with E-state index in [0.717, 1.165) is 198 Å². The third-order valence-corrected chi connectivity index (χ3v) is 15.7. The number of rotatable bonds is 28. The van der Waals surface area contributed by atoms with Crippen molar-refractivity contribution in [2.24, 2.45) is 4.99 Å². The van der Waals surface area contributed by atoms with E-state index in [2.05, 4.69) is 163 Å². The molecule has 14 heteroatoms. The Kier molecular flexibility index (Phi) is 23.9. The van der Waals surface area contributed by atoms with Gasteiger partial charge in [0.05, 0.1) is 0 Å². The summed E-state index contributed by atoms with van der Waals surface area (Å²) in [6.45, 7) is 46.0. The molecule has 4 heterocycles. The minimum atomic E-state index is -0.0536. The maximum atomic E-state index is 9.91. The zero-order valence-corrected chi connectivity index (χ0v) is 50.8. The van der Waals surface area contributed by atoms with Crippen molar-refractivity contribution in [2.45, 2.75) is 297 Å². The molecule has 1 aromatic rings. The molecule has 3 aliphatic heterocycles. The summed E-state index contributed by atoms with van der Waals surface area (Å²) < 4.78 is 0. The first-order chi connectivity index (χ1) is 34.2. The Morgan fingerprint density at radius 3 is 1.14 bits per heavy atom. The van der Waals surface area contributed by atoms with Crippen LogP contribution in [0.2, 0.25) is 0 Å². The second-order valence-electron chi connectivity index (χ2n) is 26.8. The van der Waals surface area contributed by atoms with E-state index in [9.17, 15) is 5.41 Å². The summed E-state index contributed by atoms with van der Waals surface area (Å²) in [5.74, 6) is 3.78. The second kappa shape index (κ2) is 27.9. The molecule has 3 aliphatic rings. The molecule has 1 aromatic heterocycles. The van der Waals surface area contributed by atoms with Crippen LogP contribution in [0.1, 0.15) is 246 Å². The largest absolute Gasteiger partial charge is 0.359 e. The summed E-state index contributed by atoms with van der Waals surface area (Å²) >= 11 is 0. The molecule has 0 amide bonds. The van der Waals surface area contributed by atoms with Crippen LogP contribution in [0.15, 0.2) is 4.99 Å². The first kappa shape index (κ1) is 62.6. The van der Waals surface area contributed by atoms with E-state index >= 15 is 0 Å². The number of anilines is 3. The first-order valence-corrected chi connectivity index (χ1v) is 30.0. The number of hydrogen-bond donors (Lipinski definition) is 5. The first-order valence-electron chi connectivity index (χ1n) is 30.0. The average Bonchev–Trinajstić information content (AvgIpc) is 3.26. The van der Waals surface area contributed by atoms with Gasteiger partial charge in [0.15, 0.2) is 0 Å². The summed E-state index contributed by atoms with van der Waals surface area (Å²) in [7, 11) is 2.00. The molecule has 3 fully saturated rings. The minimum Gasteiger partial charge on any atom is -0.359 e. The smallest absolute Gasteiger partial charge is 0.232 e. The lowest BCUT2D eigenvalue weighted by atomic mass is 9.79. The van der Waals surface area contributed by atoms with Gasteiger partial charge in [-0.3, -0.25) is 5.41 Å².